The molecule has 1 aromatic rings. The quantitative estimate of drug-likeness (QED) is 0.728. The fourth-order valence-corrected chi connectivity index (χ4v) is 1.32. The zero-order chi connectivity index (χ0) is 9.14. The first-order valence-corrected chi connectivity index (χ1v) is 4.40. The number of aryl methyl sites for hydroxylation is 1. The summed E-state index contributed by atoms with van der Waals surface area (Å²) in [5, 5.41) is 0. The summed E-state index contributed by atoms with van der Waals surface area (Å²) >= 11 is 0. The molecule has 66 valence electrons. The molecule has 0 bridgehead atoms. The van der Waals surface area contributed by atoms with E-state index in [1.165, 1.54) is 5.56 Å². The highest BCUT2D eigenvalue weighted by atomic mass is 14.7. The van der Waals surface area contributed by atoms with Gasteiger partial charge in [0.2, 0.25) is 0 Å². The van der Waals surface area contributed by atoms with Crippen molar-refractivity contribution in [3.05, 3.63) is 23.5 Å². The van der Waals surface area contributed by atoms with E-state index in [1.807, 2.05) is 12.3 Å². The van der Waals surface area contributed by atoms with Gasteiger partial charge in [0.1, 0.15) is 0 Å². The average Bonchev–Trinajstić information content (AvgIpc) is 2.04. The van der Waals surface area contributed by atoms with Crippen LogP contribution in [0.4, 0.5) is 5.69 Å². The topological polar surface area (TPSA) is 38.9 Å². The standard InChI is InChI=1S/C10H16N2/c1-4-9-10(11)8(7(2)3)5-6-12-9/h5-7H,4,11H2,1-3H3. The number of nitrogens with zero attached hydrogens (tertiary/aromatic N) is 1. The molecule has 1 rings (SSSR count). The highest BCUT2D eigenvalue weighted by molar-refractivity contribution is 5.51. The van der Waals surface area contributed by atoms with E-state index in [9.17, 15) is 0 Å². The van der Waals surface area contributed by atoms with Crippen LogP contribution in [0.25, 0.3) is 0 Å². The van der Waals surface area contributed by atoms with E-state index in [0.29, 0.717) is 5.92 Å². The summed E-state index contributed by atoms with van der Waals surface area (Å²) in [7, 11) is 0. The van der Waals surface area contributed by atoms with Gasteiger partial charge in [0.25, 0.3) is 0 Å². The maximum absolute atomic E-state index is 5.93. The second-order valence-corrected chi connectivity index (χ2v) is 3.27. The lowest BCUT2D eigenvalue weighted by Gasteiger charge is -2.11. The summed E-state index contributed by atoms with van der Waals surface area (Å²) in [6, 6.07) is 2.00. The molecule has 0 aliphatic carbocycles. The van der Waals surface area contributed by atoms with Crippen molar-refractivity contribution in [2.75, 3.05) is 5.73 Å². The molecular formula is C10H16N2. The Bertz CT molecular complexity index is 267. The van der Waals surface area contributed by atoms with Crippen molar-refractivity contribution in [1.82, 2.24) is 4.98 Å². The monoisotopic (exact) mass is 164 g/mol. The molecule has 0 unspecified atom stereocenters. The third-order valence-electron chi connectivity index (χ3n) is 2.06. The largest absolute Gasteiger partial charge is 0.397 e. The summed E-state index contributed by atoms with van der Waals surface area (Å²) in [6.45, 7) is 6.36. The first kappa shape index (κ1) is 9.04. The summed E-state index contributed by atoms with van der Waals surface area (Å²) < 4.78 is 0. The second kappa shape index (κ2) is 3.57. The molecule has 1 heterocycles. The summed E-state index contributed by atoms with van der Waals surface area (Å²) in [5.41, 5.74) is 9.03. The van der Waals surface area contributed by atoms with Crippen molar-refractivity contribution < 1.29 is 0 Å². The molecule has 0 saturated heterocycles. The third kappa shape index (κ3) is 1.58. The van der Waals surface area contributed by atoms with Crippen molar-refractivity contribution in [3.8, 4) is 0 Å². The van der Waals surface area contributed by atoms with Gasteiger partial charge < -0.3 is 5.73 Å². The molecule has 0 saturated carbocycles. The highest BCUT2D eigenvalue weighted by Gasteiger charge is 2.06. The Hall–Kier alpha value is -1.05. The van der Waals surface area contributed by atoms with Gasteiger partial charge in [-0.15, -0.1) is 0 Å². The number of pyridine rings is 1. The molecule has 2 nitrogen and oxygen atoms in total. The molecule has 0 atom stereocenters. The van der Waals surface area contributed by atoms with Crippen LogP contribution in [0.3, 0.4) is 0 Å². The second-order valence-electron chi connectivity index (χ2n) is 3.27. The molecule has 0 aromatic carbocycles. The van der Waals surface area contributed by atoms with Gasteiger partial charge >= 0.3 is 0 Å². The molecule has 1 aromatic heterocycles. The maximum Gasteiger partial charge on any atom is 0.0632 e. The number of rotatable bonds is 2. The minimum Gasteiger partial charge on any atom is -0.397 e. The van der Waals surface area contributed by atoms with Gasteiger partial charge in [-0.3, -0.25) is 4.98 Å². The van der Waals surface area contributed by atoms with Crippen LogP contribution in [0.1, 0.15) is 37.9 Å². The SMILES string of the molecule is CCc1nccc(C(C)C)c1N. The van der Waals surface area contributed by atoms with Crippen molar-refractivity contribution in [2.45, 2.75) is 33.1 Å². The Morgan fingerprint density at radius 3 is 2.67 bits per heavy atom. The predicted molar refractivity (Wildman–Crippen MR) is 52.1 cm³/mol. The summed E-state index contributed by atoms with van der Waals surface area (Å²) in [5.74, 6) is 0.485. The van der Waals surface area contributed by atoms with Crippen LogP contribution in [0.15, 0.2) is 12.3 Å². The first-order chi connectivity index (χ1) is 5.66. The highest BCUT2D eigenvalue weighted by Crippen LogP contribution is 2.23. The number of nitrogens with two attached hydrogens (primary N) is 1. The zero-order valence-corrected chi connectivity index (χ0v) is 7.96. The molecule has 2 heteroatoms. The molecule has 0 aliphatic heterocycles. The van der Waals surface area contributed by atoms with E-state index in [2.05, 4.69) is 25.8 Å². The van der Waals surface area contributed by atoms with Gasteiger partial charge in [-0.25, -0.2) is 0 Å². The number of nitrogen functional groups attached to an aromatic ring is 1. The maximum atomic E-state index is 5.93. The zero-order valence-electron chi connectivity index (χ0n) is 7.96. The van der Waals surface area contributed by atoms with E-state index in [0.717, 1.165) is 17.8 Å². The van der Waals surface area contributed by atoms with Gasteiger partial charge in [0.15, 0.2) is 0 Å². The number of hydrogen-bond donors (Lipinski definition) is 1. The van der Waals surface area contributed by atoms with Crippen LogP contribution in [0.2, 0.25) is 0 Å². The lowest BCUT2D eigenvalue weighted by atomic mass is 10.0. The Morgan fingerprint density at radius 1 is 1.50 bits per heavy atom. The van der Waals surface area contributed by atoms with Crippen LogP contribution in [-0.2, 0) is 6.42 Å². The Morgan fingerprint density at radius 2 is 2.17 bits per heavy atom. The lowest BCUT2D eigenvalue weighted by molar-refractivity contribution is 0.858. The average molecular weight is 164 g/mol. The molecule has 0 fully saturated rings. The normalized spacial score (nSPS) is 10.7. The van der Waals surface area contributed by atoms with Crippen LogP contribution in [0, 0.1) is 0 Å². The number of anilines is 1. The molecule has 0 amide bonds. The molecule has 0 aliphatic rings. The molecule has 0 radical (unpaired) electrons. The summed E-state index contributed by atoms with van der Waals surface area (Å²) in [6.07, 6.45) is 2.75. The summed E-state index contributed by atoms with van der Waals surface area (Å²) in [4.78, 5) is 4.21. The van der Waals surface area contributed by atoms with Crippen molar-refractivity contribution >= 4 is 5.69 Å². The minimum absolute atomic E-state index is 0.485. The van der Waals surface area contributed by atoms with E-state index in [1.54, 1.807) is 0 Å². The number of aromatic nitrogens is 1. The van der Waals surface area contributed by atoms with Gasteiger partial charge in [0, 0.05) is 6.20 Å². The molecule has 12 heavy (non-hydrogen) atoms. The van der Waals surface area contributed by atoms with Gasteiger partial charge in [-0.2, -0.15) is 0 Å². The molecule has 2 N–H and O–H groups in total. The van der Waals surface area contributed by atoms with Crippen LogP contribution >= 0.6 is 0 Å². The third-order valence-corrected chi connectivity index (χ3v) is 2.06. The van der Waals surface area contributed by atoms with E-state index < -0.39 is 0 Å². The Labute approximate surface area is 73.8 Å². The van der Waals surface area contributed by atoms with Crippen molar-refractivity contribution in [3.63, 3.8) is 0 Å². The van der Waals surface area contributed by atoms with Crippen LogP contribution in [-0.4, -0.2) is 4.98 Å². The van der Waals surface area contributed by atoms with Gasteiger partial charge in [0.05, 0.1) is 11.4 Å². The molecular weight excluding hydrogens is 148 g/mol. The van der Waals surface area contributed by atoms with Gasteiger partial charge in [-0.1, -0.05) is 20.8 Å². The smallest absolute Gasteiger partial charge is 0.0632 e. The fourth-order valence-electron chi connectivity index (χ4n) is 1.32. The van der Waals surface area contributed by atoms with Crippen LogP contribution in [0.5, 0.6) is 0 Å². The predicted octanol–water partition coefficient (Wildman–Crippen LogP) is 2.35. The minimum atomic E-state index is 0.485. The van der Waals surface area contributed by atoms with E-state index >= 15 is 0 Å². The van der Waals surface area contributed by atoms with Crippen LogP contribution < -0.4 is 5.73 Å². The van der Waals surface area contributed by atoms with E-state index in [4.69, 9.17) is 5.73 Å². The Balaban J connectivity index is 3.14. The first-order valence-electron chi connectivity index (χ1n) is 4.40. The lowest BCUT2D eigenvalue weighted by Crippen LogP contribution is -2.02. The van der Waals surface area contributed by atoms with Gasteiger partial charge in [-0.05, 0) is 24.0 Å². The Kier molecular flexibility index (Phi) is 2.69. The number of hydrogen-bond acceptors (Lipinski definition) is 2. The van der Waals surface area contributed by atoms with Crippen molar-refractivity contribution in [1.29, 1.82) is 0 Å². The van der Waals surface area contributed by atoms with Crippen molar-refractivity contribution in [2.24, 2.45) is 0 Å². The van der Waals surface area contributed by atoms with E-state index in [-0.39, 0.29) is 0 Å². The molecule has 0 spiro atoms. The fraction of sp³-hybridized carbons (Fsp3) is 0.500.